The van der Waals surface area contributed by atoms with Crippen molar-refractivity contribution >= 4 is 39.6 Å². The van der Waals surface area contributed by atoms with Gasteiger partial charge in [0.2, 0.25) is 5.71 Å². The molecule has 2 aromatic heterocycles. The second kappa shape index (κ2) is 10.4. The van der Waals surface area contributed by atoms with Gasteiger partial charge in [-0.25, -0.2) is 9.78 Å². The topological polar surface area (TPSA) is 93.9 Å². The average molecular weight is 462 g/mol. The summed E-state index contributed by atoms with van der Waals surface area (Å²) in [5, 5.41) is 4.42. The molecule has 34 heavy (non-hydrogen) atoms. The molecule has 0 saturated carbocycles. The first-order valence-electron chi connectivity index (χ1n) is 11.2. The maximum Gasteiger partial charge on any atom is 0.338 e. The summed E-state index contributed by atoms with van der Waals surface area (Å²) in [4.78, 5) is 31.6. The number of nitrogens with zero attached hydrogens (tertiary/aromatic N) is 2. The van der Waals surface area contributed by atoms with Crippen LogP contribution in [0.1, 0.15) is 34.8 Å². The third kappa shape index (κ3) is 5.18. The lowest BCUT2D eigenvalue weighted by Gasteiger charge is -2.17. The molecule has 2 heterocycles. The number of carbonyl (C=O) groups is 2. The molecule has 8 heteroatoms. The molecule has 0 spiro atoms. The Bertz CT molecular complexity index is 1310. The van der Waals surface area contributed by atoms with Crippen molar-refractivity contribution in [2.45, 2.75) is 13.8 Å². The zero-order chi connectivity index (χ0) is 24.1. The number of amides is 1. The fourth-order valence-electron chi connectivity index (χ4n) is 3.62. The monoisotopic (exact) mass is 461 g/mol. The van der Waals surface area contributed by atoms with Gasteiger partial charge in [0.05, 0.1) is 18.2 Å². The summed E-state index contributed by atoms with van der Waals surface area (Å²) in [6.45, 7) is 6.99. The van der Waals surface area contributed by atoms with Gasteiger partial charge in [-0.1, -0.05) is 13.8 Å². The number of fused-ring (bicyclic) bond motifs is 2. The maximum absolute atomic E-state index is 12.7. The molecular weight excluding hydrogens is 434 g/mol. The quantitative estimate of drug-likeness (QED) is 0.360. The fraction of sp³-hybridized carbons (Fsp3) is 0.269. The minimum Gasteiger partial charge on any atom is -0.497 e. The summed E-state index contributed by atoms with van der Waals surface area (Å²) in [5.74, 6) is 0.0380. The molecular formula is C26H27N3O5. The standard InChI is InChI=1S/C26H27N3O5/c1-4-29(5-2)12-13-33-26(31)17-6-9-20(10-7-17)27-24(30)23-15-19-14-18-8-11-21(32-3)16-22(18)28-25(19)34-23/h6-11,14-16H,4-5,12-13H2,1-3H3,(H,27,30). The number of nitrogens with one attached hydrogen (secondary N) is 1. The number of pyridine rings is 1. The lowest BCUT2D eigenvalue weighted by Crippen LogP contribution is -2.27. The molecule has 0 aliphatic carbocycles. The van der Waals surface area contributed by atoms with Gasteiger partial charge in [-0.2, -0.15) is 0 Å². The Morgan fingerprint density at radius 2 is 1.76 bits per heavy atom. The highest BCUT2D eigenvalue weighted by molar-refractivity contribution is 6.05. The average Bonchev–Trinajstić information content (AvgIpc) is 3.28. The number of likely N-dealkylation sites (N-methyl/N-ethyl adjacent to an activating group) is 1. The molecule has 0 bridgehead atoms. The predicted octanol–water partition coefficient (Wildman–Crippen LogP) is 4.74. The van der Waals surface area contributed by atoms with Crippen molar-refractivity contribution in [2.24, 2.45) is 0 Å². The first-order chi connectivity index (χ1) is 16.5. The Labute approximate surface area is 197 Å². The molecule has 0 aliphatic rings. The highest BCUT2D eigenvalue weighted by atomic mass is 16.5. The fourth-order valence-corrected chi connectivity index (χ4v) is 3.62. The van der Waals surface area contributed by atoms with Crippen molar-refractivity contribution in [3.05, 3.63) is 65.9 Å². The van der Waals surface area contributed by atoms with Crippen molar-refractivity contribution in [1.82, 2.24) is 9.88 Å². The minimum absolute atomic E-state index is 0.143. The SMILES string of the molecule is CCN(CC)CCOC(=O)c1ccc(NC(=O)c2cc3cc4ccc(OC)cc4nc3o2)cc1. The maximum atomic E-state index is 12.7. The van der Waals surface area contributed by atoms with Crippen LogP contribution in [0.4, 0.5) is 5.69 Å². The van der Waals surface area contributed by atoms with Crippen molar-refractivity contribution in [1.29, 1.82) is 0 Å². The van der Waals surface area contributed by atoms with Gasteiger partial charge in [-0.05, 0) is 61.6 Å². The molecule has 1 N–H and O–H groups in total. The number of ether oxygens (including phenoxy) is 2. The molecule has 2 aromatic carbocycles. The molecule has 8 nitrogen and oxygen atoms in total. The number of benzene rings is 2. The zero-order valence-electron chi connectivity index (χ0n) is 19.5. The summed E-state index contributed by atoms with van der Waals surface area (Å²) in [5.41, 5.74) is 2.04. The van der Waals surface area contributed by atoms with Crippen LogP contribution in [-0.2, 0) is 4.74 Å². The summed E-state index contributed by atoms with van der Waals surface area (Å²) in [7, 11) is 1.60. The lowest BCUT2D eigenvalue weighted by atomic mass is 10.2. The second-order valence-electron chi connectivity index (χ2n) is 7.75. The molecule has 176 valence electrons. The van der Waals surface area contributed by atoms with Crippen molar-refractivity contribution < 1.29 is 23.5 Å². The first-order valence-corrected chi connectivity index (χ1v) is 11.2. The van der Waals surface area contributed by atoms with E-state index in [1.165, 1.54) is 0 Å². The minimum atomic E-state index is -0.408. The number of furan rings is 1. The Morgan fingerprint density at radius 3 is 2.47 bits per heavy atom. The van der Waals surface area contributed by atoms with E-state index in [4.69, 9.17) is 13.9 Å². The lowest BCUT2D eigenvalue weighted by molar-refractivity contribution is 0.0466. The number of aromatic nitrogens is 1. The summed E-state index contributed by atoms with van der Waals surface area (Å²) >= 11 is 0. The van der Waals surface area contributed by atoms with E-state index >= 15 is 0 Å². The Balaban J connectivity index is 1.41. The summed E-state index contributed by atoms with van der Waals surface area (Å²) in [6.07, 6.45) is 0. The molecule has 0 aliphatic heterocycles. The molecule has 0 saturated heterocycles. The highest BCUT2D eigenvalue weighted by Crippen LogP contribution is 2.26. The highest BCUT2D eigenvalue weighted by Gasteiger charge is 2.15. The van der Waals surface area contributed by atoms with Crippen LogP contribution in [0.25, 0.3) is 22.0 Å². The second-order valence-corrected chi connectivity index (χ2v) is 7.75. The first kappa shape index (κ1) is 23.3. The number of carbonyl (C=O) groups excluding carboxylic acids is 2. The van der Waals surface area contributed by atoms with E-state index in [0.29, 0.717) is 41.4 Å². The van der Waals surface area contributed by atoms with Crippen LogP contribution in [0.3, 0.4) is 0 Å². The largest absolute Gasteiger partial charge is 0.497 e. The van der Waals surface area contributed by atoms with E-state index in [1.54, 1.807) is 37.4 Å². The number of rotatable bonds is 9. The van der Waals surface area contributed by atoms with E-state index in [-0.39, 0.29) is 5.76 Å². The van der Waals surface area contributed by atoms with Crippen molar-refractivity contribution in [2.75, 3.05) is 38.7 Å². The molecule has 0 fully saturated rings. The van der Waals surface area contributed by atoms with Crippen molar-refractivity contribution in [3.63, 3.8) is 0 Å². The molecule has 4 aromatic rings. The van der Waals surface area contributed by atoms with Gasteiger partial charge in [0.25, 0.3) is 5.91 Å². The van der Waals surface area contributed by atoms with Gasteiger partial charge in [0.15, 0.2) is 5.76 Å². The summed E-state index contributed by atoms with van der Waals surface area (Å²) < 4.78 is 16.3. The molecule has 1 amide bonds. The van der Waals surface area contributed by atoms with Crippen LogP contribution in [0.15, 0.2) is 59.0 Å². The molecule has 0 radical (unpaired) electrons. The van der Waals surface area contributed by atoms with Crippen LogP contribution >= 0.6 is 0 Å². The number of anilines is 1. The van der Waals surface area contributed by atoms with Gasteiger partial charge in [0.1, 0.15) is 12.4 Å². The smallest absolute Gasteiger partial charge is 0.338 e. The third-order valence-electron chi connectivity index (χ3n) is 5.65. The van der Waals surface area contributed by atoms with Crippen LogP contribution in [-0.4, -0.2) is 55.1 Å². The van der Waals surface area contributed by atoms with Crippen LogP contribution < -0.4 is 10.1 Å². The Hall–Kier alpha value is -3.91. The van der Waals surface area contributed by atoms with Crippen LogP contribution in [0.2, 0.25) is 0 Å². The molecule has 0 unspecified atom stereocenters. The Kier molecular flexibility index (Phi) is 7.08. The number of methoxy groups -OCH3 is 1. The van der Waals surface area contributed by atoms with Gasteiger partial charge in [-0.3, -0.25) is 4.79 Å². The molecule has 0 atom stereocenters. The predicted molar refractivity (Wildman–Crippen MR) is 131 cm³/mol. The van der Waals surface area contributed by atoms with Crippen LogP contribution in [0.5, 0.6) is 5.75 Å². The zero-order valence-corrected chi connectivity index (χ0v) is 19.5. The van der Waals surface area contributed by atoms with E-state index < -0.39 is 11.9 Å². The number of esters is 1. The Morgan fingerprint density at radius 1 is 1.00 bits per heavy atom. The van der Waals surface area contributed by atoms with Crippen LogP contribution in [0, 0.1) is 0 Å². The van der Waals surface area contributed by atoms with Gasteiger partial charge < -0.3 is 24.1 Å². The molecule has 4 rings (SSSR count). The number of hydrogen-bond donors (Lipinski definition) is 1. The number of hydrogen-bond acceptors (Lipinski definition) is 7. The van der Waals surface area contributed by atoms with Gasteiger partial charge >= 0.3 is 5.97 Å². The van der Waals surface area contributed by atoms with E-state index in [9.17, 15) is 9.59 Å². The summed E-state index contributed by atoms with van der Waals surface area (Å²) in [6, 6.07) is 15.7. The van der Waals surface area contributed by atoms with Gasteiger partial charge in [0, 0.05) is 29.1 Å². The third-order valence-corrected chi connectivity index (χ3v) is 5.65. The van der Waals surface area contributed by atoms with E-state index in [0.717, 1.165) is 23.9 Å². The van der Waals surface area contributed by atoms with Gasteiger partial charge in [-0.15, -0.1) is 0 Å². The van der Waals surface area contributed by atoms with E-state index in [1.807, 2.05) is 24.3 Å². The normalized spacial score (nSPS) is 11.2. The van der Waals surface area contributed by atoms with E-state index in [2.05, 4.69) is 29.0 Å². The van der Waals surface area contributed by atoms with Crippen molar-refractivity contribution in [3.8, 4) is 5.75 Å².